The van der Waals surface area contributed by atoms with Gasteiger partial charge in [0.05, 0.1) is 13.2 Å². The van der Waals surface area contributed by atoms with Gasteiger partial charge in [-0.25, -0.2) is 5.84 Å². The molecular weight excluding hydrogens is 224 g/mol. The summed E-state index contributed by atoms with van der Waals surface area (Å²) in [5.74, 6) is 4.88. The van der Waals surface area contributed by atoms with Gasteiger partial charge in [0.25, 0.3) is 5.91 Å². The minimum absolute atomic E-state index is 0.0907. The number of ether oxygens (including phenoxy) is 3. The van der Waals surface area contributed by atoms with E-state index >= 15 is 0 Å². The van der Waals surface area contributed by atoms with Gasteiger partial charge in [-0.05, 0) is 12.3 Å². The van der Waals surface area contributed by atoms with E-state index in [2.05, 4.69) is 5.43 Å². The van der Waals surface area contributed by atoms with Crippen LogP contribution in [-0.2, 0) is 19.0 Å². The summed E-state index contributed by atoms with van der Waals surface area (Å²) in [4.78, 5) is 11.3. The van der Waals surface area contributed by atoms with E-state index in [1.54, 1.807) is 7.11 Å². The molecule has 0 heterocycles. The first-order chi connectivity index (χ1) is 8.13. The van der Waals surface area contributed by atoms with Crippen molar-refractivity contribution in [1.29, 1.82) is 0 Å². The number of nitrogens with one attached hydrogen (secondary N) is 1. The minimum atomic E-state index is -0.501. The normalized spacial score (nSPS) is 12.8. The highest BCUT2D eigenvalue weighted by molar-refractivity contribution is 5.80. The standard InChI is InChI=1S/C11H24N2O4/c1-9(2)10(11(14)13-12)17-6-4-5-16-8-7-15-3/h9-10H,4-8,12H2,1-3H3,(H,13,14). The molecule has 0 aliphatic heterocycles. The molecule has 17 heavy (non-hydrogen) atoms. The Balaban J connectivity index is 3.58. The number of hydrogen-bond donors (Lipinski definition) is 2. The number of nitrogens with two attached hydrogens (primary N) is 1. The molecule has 1 unspecified atom stereocenters. The van der Waals surface area contributed by atoms with Crippen molar-refractivity contribution in [2.24, 2.45) is 11.8 Å². The Labute approximate surface area is 103 Å². The first-order valence-electron chi connectivity index (χ1n) is 5.82. The molecule has 6 heteroatoms. The summed E-state index contributed by atoms with van der Waals surface area (Å²) >= 11 is 0. The molecule has 6 nitrogen and oxygen atoms in total. The second-order valence-electron chi connectivity index (χ2n) is 4.00. The molecule has 0 aromatic heterocycles. The van der Waals surface area contributed by atoms with Crippen molar-refractivity contribution >= 4 is 5.91 Å². The zero-order valence-electron chi connectivity index (χ0n) is 10.9. The third kappa shape index (κ3) is 8.09. The fraction of sp³-hybridized carbons (Fsp3) is 0.909. The highest BCUT2D eigenvalue weighted by Crippen LogP contribution is 2.06. The molecule has 0 radical (unpaired) electrons. The SMILES string of the molecule is COCCOCCCOC(C(=O)NN)C(C)C. The highest BCUT2D eigenvalue weighted by atomic mass is 16.5. The van der Waals surface area contributed by atoms with Gasteiger partial charge in [0.2, 0.25) is 0 Å². The van der Waals surface area contributed by atoms with Crippen molar-refractivity contribution in [1.82, 2.24) is 5.43 Å². The Kier molecular flexibility index (Phi) is 10.0. The first kappa shape index (κ1) is 16.3. The van der Waals surface area contributed by atoms with Gasteiger partial charge < -0.3 is 14.2 Å². The summed E-state index contributed by atoms with van der Waals surface area (Å²) in [6.45, 7) is 6.06. The number of hydrogen-bond acceptors (Lipinski definition) is 5. The summed E-state index contributed by atoms with van der Waals surface area (Å²) in [7, 11) is 1.63. The van der Waals surface area contributed by atoms with Crippen LogP contribution in [0.1, 0.15) is 20.3 Å². The van der Waals surface area contributed by atoms with Crippen molar-refractivity contribution in [3.05, 3.63) is 0 Å². The highest BCUT2D eigenvalue weighted by Gasteiger charge is 2.21. The van der Waals surface area contributed by atoms with E-state index < -0.39 is 6.10 Å². The lowest BCUT2D eigenvalue weighted by Crippen LogP contribution is -2.43. The van der Waals surface area contributed by atoms with Gasteiger partial charge in [-0.1, -0.05) is 13.8 Å². The van der Waals surface area contributed by atoms with Crippen LogP contribution in [-0.4, -0.2) is 45.5 Å². The lowest BCUT2D eigenvalue weighted by Gasteiger charge is -2.19. The number of carbonyl (C=O) groups is 1. The molecule has 3 N–H and O–H groups in total. The van der Waals surface area contributed by atoms with Gasteiger partial charge in [0.1, 0.15) is 6.10 Å². The van der Waals surface area contributed by atoms with Gasteiger partial charge in [-0.15, -0.1) is 0 Å². The van der Waals surface area contributed by atoms with Gasteiger partial charge in [-0.2, -0.15) is 0 Å². The average Bonchev–Trinajstić information content (AvgIpc) is 2.31. The van der Waals surface area contributed by atoms with E-state index in [9.17, 15) is 4.79 Å². The fourth-order valence-corrected chi connectivity index (χ4v) is 1.27. The molecule has 1 atom stereocenters. The summed E-state index contributed by atoms with van der Waals surface area (Å²) < 4.78 is 15.6. The van der Waals surface area contributed by atoms with E-state index in [-0.39, 0.29) is 11.8 Å². The van der Waals surface area contributed by atoms with Crippen LogP contribution in [0.3, 0.4) is 0 Å². The zero-order valence-corrected chi connectivity index (χ0v) is 10.9. The Morgan fingerprint density at radius 1 is 1.24 bits per heavy atom. The maximum absolute atomic E-state index is 11.3. The number of rotatable bonds is 10. The van der Waals surface area contributed by atoms with E-state index in [0.29, 0.717) is 26.4 Å². The molecule has 0 saturated heterocycles. The Hall–Kier alpha value is -0.690. The number of methoxy groups -OCH3 is 1. The lowest BCUT2D eigenvalue weighted by atomic mass is 10.1. The van der Waals surface area contributed by atoms with Crippen molar-refractivity contribution in [3.63, 3.8) is 0 Å². The Morgan fingerprint density at radius 2 is 1.94 bits per heavy atom. The number of amides is 1. The summed E-state index contributed by atoms with van der Waals surface area (Å²) in [5.41, 5.74) is 2.10. The van der Waals surface area contributed by atoms with Gasteiger partial charge in [0, 0.05) is 20.3 Å². The van der Waals surface area contributed by atoms with Gasteiger partial charge in [0.15, 0.2) is 0 Å². The summed E-state index contributed by atoms with van der Waals surface area (Å²) in [6.07, 6.45) is 0.240. The molecular formula is C11H24N2O4. The van der Waals surface area contributed by atoms with Gasteiger partial charge in [-0.3, -0.25) is 10.2 Å². The number of hydrazine groups is 1. The molecule has 0 saturated carbocycles. The minimum Gasteiger partial charge on any atom is -0.382 e. The van der Waals surface area contributed by atoms with E-state index in [1.807, 2.05) is 13.8 Å². The quantitative estimate of drug-likeness (QED) is 0.247. The monoisotopic (exact) mass is 248 g/mol. The van der Waals surface area contributed by atoms with Crippen LogP contribution < -0.4 is 11.3 Å². The molecule has 0 aliphatic rings. The van der Waals surface area contributed by atoms with Crippen molar-refractivity contribution in [2.45, 2.75) is 26.4 Å². The van der Waals surface area contributed by atoms with Crippen LogP contribution in [0.15, 0.2) is 0 Å². The molecule has 0 aromatic carbocycles. The molecule has 0 rings (SSSR count). The van der Waals surface area contributed by atoms with Crippen LogP contribution >= 0.6 is 0 Å². The maximum atomic E-state index is 11.3. The molecule has 0 spiro atoms. The van der Waals surface area contributed by atoms with Crippen molar-refractivity contribution in [3.8, 4) is 0 Å². The van der Waals surface area contributed by atoms with Crippen LogP contribution in [0, 0.1) is 5.92 Å². The Morgan fingerprint density at radius 3 is 2.47 bits per heavy atom. The maximum Gasteiger partial charge on any atom is 0.263 e. The lowest BCUT2D eigenvalue weighted by molar-refractivity contribution is -0.136. The first-order valence-corrected chi connectivity index (χ1v) is 5.82. The second-order valence-corrected chi connectivity index (χ2v) is 4.00. The van der Waals surface area contributed by atoms with E-state index in [4.69, 9.17) is 20.1 Å². The average molecular weight is 248 g/mol. The smallest absolute Gasteiger partial charge is 0.263 e. The molecule has 0 aromatic rings. The molecule has 102 valence electrons. The summed E-state index contributed by atoms with van der Waals surface area (Å²) in [5, 5.41) is 0. The van der Waals surface area contributed by atoms with Crippen LogP contribution in [0.5, 0.6) is 0 Å². The third-order valence-electron chi connectivity index (χ3n) is 2.17. The molecule has 1 amide bonds. The molecule has 0 aliphatic carbocycles. The van der Waals surface area contributed by atoms with Crippen LogP contribution in [0.2, 0.25) is 0 Å². The fourth-order valence-electron chi connectivity index (χ4n) is 1.27. The predicted octanol–water partition coefficient (Wildman–Crippen LogP) is 0.0706. The largest absolute Gasteiger partial charge is 0.382 e. The summed E-state index contributed by atoms with van der Waals surface area (Å²) in [6, 6.07) is 0. The van der Waals surface area contributed by atoms with Crippen molar-refractivity contribution < 1.29 is 19.0 Å². The van der Waals surface area contributed by atoms with Crippen molar-refractivity contribution in [2.75, 3.05) is 33.5 Å². The third-order valence-corrected chi connectivity index (χ3v) is 2.17. The van der Waals surface area contributed by atoms with E-state index in [1.165, 1.54) is 0 Å². The van der Waals surface area contributed by atoms with Crippen LogP contribution in [0.4, 0.5) is 0 Å². The second kappa shape index (κ2) is 10.5. The predicted molar refractivity (Wildman–Crippen MR) is 64.2 cm³/mol. The zero-order chi connectivity index (χ0) is 13.1. The Bertz CT molecular complexity index is 200. The number of carbonyl (C=O) groups excluding carboxylic acids is 1. The topological polar surface area (TPSA) is 82.8 Å². The molecule has 0 fully saturated rings. The van der Waals surface area contributed by atoms with Gasteiger partial charge >= 0.3 is 0 Å². The van der Waals surface area contributed by atoms with Crippen LogP contribution in [0.25, 0.3) is 0 Å². The molecule has 0 bridgehead atoms. The van der Waals surface area contributed by atoms with E-state index in [0.717, 1.165) is 6.42 Å².